The largest absolute Gasteiger partial charge is 0.332 e. The monoisotopic (exact) mass is 247 g/mol. The second kappa shape index (κ2) is 3.91. The minimum Gasteiger partial charge on any atom is -0.332 e. The molecule has 18 heavy (non-hydrogen) atoms. The molecular formula is C12H17N5O. The summed E-state index contributed by atoms with van der Waals surface area (Å²) in [5, 5.41) is 11.1. The van der Waals surface area contributed by atoms with E-state index < -0.39 is 0 Å². The molecule has 1 fully saturated rings. The molecule has 1 aliphatic rings. The number of hydrogen-bond acceptors (Lipinski definition) is 5. The normalized spacial score (nSPS) is 18.0. The van der Waals surface area contributed by atoms with Crippen LogP contribution >= 0.6 is 0 Å². The summed E-state index contributed by atoms with van der Waals surface area (Å²) in [5.74, 6) is 1.42. The summed E-state index contributed by atoms with van der Waals surface area (Å²) in [5.41, 5.74) is 7.50. The van der Waals surface area contributed by atoms with Crippen molar-refractivity contribution in [3.05, 3.63) is 17.6 Å². The van der Waals surface area contributed by atoms with Gasteiger partial charge in [0.2, 0.25) is 0 Å². The minimum atomic E-state index is -0.390. The van der Waals surface area contributed by atoms with Gasteiger partial charge in [0.05, 0.1) is 5.54 Å². The number of hydrogen-bond donors (Lipinski definition) is 2. The molecule has 0 aromatic carbocycles. The van der Waals surface area contributed by atoms with Gasteiger partial charge in [0.1, 0.15) is 0 Å². The van der Waals surface area contributed by atoms with E-state index in [9.17, 15) is 0 Å². The third-order valence-electron chi connectivity index (χ3n) is 3.56. The molecule has 6 nitrogen and oxygen atoms in total. The number of nitrogens with one attached hydrogen (secondary N) is 1. The van der Waals surface area contributed by atoms with Gasteiger partial charge < -0.3 is 10.3 Å². The molecule has 0 atom stereocenters. The van der Waals surface area contributed by atoms with Gasteiger partial charge in [-0.05, 0) is 31.2 Å². The van der Waals surface area contributed by atoms with Crippen molar-refractivity contribution in [3.63, 3.8) is 0 Å². The Kier molecular flexibility index (Phi) is 2.48. The lowest BCUT2D eigenvalue weighted by atomic mass is 9.77. The first-order chi connectivity index (χ1) is 8.58. The summed E-state index contributed by atoms with van der Waals surface area (Å²) in [7, 11) is 0. The van der Waals surface area contributed by atoms with Gasteiger partial charge in [-0.2, -0.15) is 10.1 Å². The van der Waals surface area contributed by atoms with E-state index >= 15 is 0 Å². The van der Waals surface area contributed by atoms with Crippen LogP contribution in [0.15, 0.2) is 10.6 Å². The van der Waals surface area contributed by atoms with E-state index in [1.165, 1.54) is 0 Å². The standard InChI is InChI=1S/C12H17N5O/c1-7(2)8-6-9(16-15-8)10-14-11(17-18-10)12(13)4-3-5-12/h6-7H,3-5,13H2,1-2H3,(H,15,16). The summed E-state index contributed by atoms with van der Waals surface area (Å²) < 4.78 is 5.24. The molecule has 6 heteroatoms. The van der Waals surface area contributed by atoms with Gasteiger partial charge in [-0.15, -0.1) is 0 Å². The van der Waals surface area contributed by atoms with Crippen LogP contribution in [0.1, 0.15) is 50.5 Å². The molecule has 1 saturated carbocycles. The Labute approximate surface area is 105 Å². The van der Waals surface area contributed by atoms with Crippen molar-refractivity contribution < 1.29 is 4.52 Å². The van der Waals surface area contributed by atoms with Gasteiger partial charge in [-0.25, -0.2) is 0 Å². The molecule has 0 unspecified atom stereocenters. The Morgan fingerprint density at radius 1 is 1.44 bits per heavy atom. The molecule has 0 amide bonds. The Balaban J connectivity index is 1.88. The van der Waals surface area contributed by atoms with Crippen molar-refractivity contribution in [1.29, 1.82) is 0 Å². The Hall–Kier alpha value is -1.69. The number of aromatic amines is 1. The summed E-state index contributed by atoms with van der Waals surface area (Å²) >= 11 is 0. The molecule has 0 bridgehead atoms. The maximum absolute atomic E-state index is 6.16. The van der Waals surface area contributed by atoms with Gasteiger partial charge in [-0.1, -0.05) is 19.0 Å². The van der Waals surface area contributed by atoms with E-state index in [-0.39, 0.29) is 5.54 Å². The molecule has 0 radical (unpaired) electrons. The van der Waals surface area contributed by atoms with Crippen LogP contribution < -0.4 is 5.73 Å². The highest BCUT2D eigenvalue weighted by Crippen LogP contribution is 2.37. The van der Waals surface area contributed by atoms with Crippen LogP contribution in [0.25, 0.3) is 11.6 Å². The van der Waals surface area contributed by atoms with Gasteiger partial charge in [0, 0.05) is 5.69 Å². The van der Waals surface area contributed by atoms with Crippen LogP contribution in [0.2, 0.25) is 0 Å². The lowest BCUT2D eigenvalue weighted by Gasteiger charge is -2.34. The third-order valence-corrected chi connectivity index (χ3v) is 3.56. The van der Waals surface area contributed by atoms with E-state index in [1.54, 1.807) is 0 Å². The topological polar surface area (TPSA) is 93.6 Å². The Bertz CT molecular complexity index is 552. The molecule has 2 aromatic heterocycles. The molecule has 3 N–H and O–H groups in total. The lowest BCUT2D eigenvalue weighted by molar-refractivity contribution is 0.229. The number of nitrogens with zero attached hydrogens (tertiary/aromatic N) is 3. The fourth-order valence-electron chi connectivity index (χ4n) is 2.05. The zero-order chi connectivity index (χ0) is 12.8. The predicted octanol–water partition coefficient (Wildman–Crippen LogP) is 1.92. The maximum Gasteiger partial charge on any atom is 0.278 e. The predicted molar refractivity (Wildman–Crippen MR) is 65.7 cm³/mol. The van der Waals surface area contributed by atoms with E-state index in [1.807, 2.05) is 6.07 Å². The highest BCUT2D eigenvalue weighted by Gasteiger charge is 2.39. The average molecular weight is 247 g/mol. The second-order valence-corrected chi connectivity index (χ2v) is 5.30. The minimum absolute atomic E-state index is 0.390. The molecule has 0 saturated heterocycles. The van der Waals surface area contributed by atoms with Crippen molar-refractivity contribution >= 4 is 0 Å². The molecule has 2 heterocycles. The SMILES string of the molecule is CC(C)c1cc(-c2nc(C3(N)CCC3)no2)n[nH]1. The van der Waals surface area contributed by atoms with Crippen molar-refractivity contribution in [2.45, 2.75) is 44.6 Å². The van der Waals surface area contributed by atoms with Crippen molar-refractivity contribution in [1.82, 2.24) is 20.3 Å². The zero-order valence-corrected chi connectivity index (χ0v) is 10.6. The fourth-order valence-corrected chi connectivity index (χ4v) is 2.05. The zero-order valence-electron chi connectivity index (χ0n) is 10.6. The first-order valence-corrected chi connectivity index (χ1v) is 6.27. The molecule has 3 rings (SSSR count). The molecule has 96 valence electrons. The van der Waals surface area contributed by atoms with Crippen molar-refractivity contribution in [2.24, 2.45) is 5.73 Å². The van der Waals surface area contributed by atoms with Gasteiger partial charge in [0.15, 0.2) is 11.5 Å². The van der Waals surface area contributed by atoms with E-state index in [0.29, 0.717) is 23.3 Å². The van der Waals surface area contributed by atoms with E-state index in [0.717, 1.165) is 25.0 Å². The van der Waals surface area contributed by atoms with E-state index in [2.05, 4.69) is 34.2 Å². The van der Waals surface area contributed by atoms with Gasteiger partial charge in [0.25, 0.3) is 5.89 Å². The molecule has 1 aliphatic carbocycles. The van der Waals surface area contributed by atoms with Gasteiger partial charge >= 0.3 is 0 Å². The quantitative estimate of drug-likeness (QED) is 0.864. The third kappa shape index (κ3) is 1.73. The number of nitrogens with two attached hydrogens (primary N) is 1. The lowest BCUT2D eigenvalue weighted by Crippen LogP contribution is -2.44. The smallest absolute Gasteiger partial charge is 0.278 e. The molecule has 0 aliphatic heterocycles. The Morgan fingerprint density at radius 2 is 2.22 bits per heavy atom. The van der Waals surface area contributed by atoms with Gasteiger partial charge in [-0.3, -0.25) is 5.10 Å². The number of rotatable bonds is 3. The summed E-state index contributed by atoms with van der Waals surface area (Å²) in [6.07, 6.45) is 2.97. The van der Waals surface area contributed by atoms with Crippen LogP contribution in [0.3, 0.4) is 0 Å². The molecule has 0 spiro atoms. The maximum atomic E-state index is 6.16. The molecule has 2 aromatic rings. The van der Waals surface area contributed by atoms with Crippen LogP contribution in [-0.2, 0) is 5.54 Å². The van der Waals surface area contributed by atoms with Crippen LogP contribution in [0, 0.1) is 0 Å². The summed E-state index contributed by atoms with van der Waals surface area (Å²) in [6.45, 7) is 4.19. The first kappa shape index (κ1) is 11.4. The van der Waals surface area contributed by atoms with Crippen molar-refractivity contribution in [3.8, 4) is 11.6 Å². The fraction of sp³-hybridized carbons (Fsp3) is 0.583. The highest BCUT2D eigenvalue weighted by molar-refractivity contribution is 5.47. The van der Waals surface area contributed by atoms with Crippen LogP contribution in [-0.4, -0.2) is 20.3 Å². The number of aromatic nitrogens is 4. The van der Waals surface area contributed by atoms with E-state index in [4.69, 9.17) is 10.3 Å². The molecular weight excluding hydrogens is 230 g/mol. The Morgan fingerprint density at radius 3 is 2.78 bits per heavy atom. The van der Waals surface area contributed by atoms with Crippen LogP contribution in [0.4, 0.5) is 0 Å². The highest BCUT2D eigenvalue weighted by atomic mass is 16.5. The first-order valence-electron chi connectivity index (χ1n) is 6.27. The summed E-state index contributed by atoms with van der Waals surface area (Å²) in [6, 6.07) is 1.94. The number of H-pyrrole nitrogens is 1. The summed E-state index contributed by atoms with van der Waals surface area (Å²) in [4.78, 5) is 4.36. The van der Waals surface area contributed by atoms with Crippen LogP contribution in [0.5, 0.6) is 0 Å². The second-order valence-electron chi connectivity index (χ2n) is 5.30. The van der Waals surface area contributed by atoms with Crippen molar-refractivity contribution in [2.75, 3.05) is 0 Å². The average Bonchev–Trinajstić information content (AvgIpc) is 2.94.